The summed E-state index contributed by atoms with van der Waals surface area (Å²) in [6.45, 7) is 0.356. The van der Waals surface area contributed by atoms with Crippen LogP contribution in [0, 0.1) is 63.2 Å². The van der Waals surface area contributed by atoms with Gasteiger partial charge in [0.25, 0.3) is 0 Å². The van der Waals surface area contributed by atoms with Gasteiger partial charge in [-0.15, -0.1) is 0 Å². The molecular formula is C13H14FeO3. The summed E-state index contributed by atoms with van der Waals surface area (Å²) in [5, 5.41) is 8.63. The maximum absolute atomic E-state index is 10.5. The molecule has 1 N–H and O–H groups in total. The van der Waals surface area contributed by atoms with Crippen LogP contribution in [0.25, 0.3) is 0 Å². The Morgan fingerprint density at radius 3 is 2.06 bits per heavy atom. The van der Waals surface area contributed by atoms with Gasteiger partial charge in [0.1, 0.15) is 0 Å². The number of rotatable bonds is 3. The van der Waals surface area contributed by atoms with Gasteiger partial charge in [0.15, 0.2) is 0 Å². The van der Waals surface area contributed by atoms with Crippen molar-refractivity contribution >= 4 is 5.97 Å². The van der Waals surface area contributed by atoms with Crippen molar-refractivity contribution in [1.82, 2.24) is 0 Å². The minimum absolute atomic E-state index is 0. The number of carbonyl (C=O) groups is 1. The molecule has 0 heterocycles. The number of hydrogen-bond donors (Lipinski definition) is 1. The van der Waals surface area contributed by atoms with E-state index in [2.05, 4.69) is 0 Å². The first-order chi connectivity index (χ1) is 7.75. The fourth-order valence-corrected chi connectivity index (χ4v) is 1.27. The van der Waals surface area contributed by atoms with E-state index in [9.17, 15) is 4.79 Å². The van der Waals surface area contributed by atoms with E-state index >= 15 is 0 Å². The number of carboxylic acids is 1. The standard InChI is InChI=1S/C8H9O3.C5H5.Fe/c1-11-5-6-3-2-4-7(6)8(9)10;1-2-4-5-3-1;/h2-4H,5H2,1H3,(H,9,10);1-5H;. The van der Waals surface area contributed by atoms with Crippen molar-refractivity contribution < 1.29 is 31.7 Å². The quantitative estimate of drug-likeness (QED) is 0.793. The molecule has 3 nitrogen and oxygen atoms in total. The normalized spacial score (nSPS) is 20.5. The third-order valence-electron chi connectivity index (χ3n) is 1.99. The van der Waals surface area contributed by atoms with E-state index < -0.39 is 5.97 Å². The fraction of sp³-hybridized carbons (Fsp3) is 0.154. The molecular weight excluding hydrogens is 260 g/mol. The van der Waals surface area contributed by atoms with E-state index in [4.69, 9.17) is 9.84 Å². The largest absolute Gasteiger partial charge is 0.481 e. The molecule has 2 saturated carbocycles. The van der Waals surface area contributed by atoms with Crippen LogP contribution in [0.15, 0.2) is 0 Å². The molecule has 4 heteroatoms. The maximum atomic E-state index is 10.5. The van der Waals surface area contributed by atoms with Crippen LogP contribution in [0.2, 0.25) is 0 Å². The topological polar surface area (TPSA) is 46.5 Å². The van der Waals surface area contributed by atoms with Crippen LogP contribution in [0.3, 0.4) is 0 Å². The SMILES string of the molecule is COC[C]1[CH][CH][CH][C]1C(=O)O.[CH]1[CH][CH][CH][CH]1.[Fe]. The molecule has 0 bridgehead atoms. The first-order valence-electron chi connectivity index (χ1n) is 4.89. The Kier molecular flexibility index (Phi) is 9.90. The number of methoxy groups -OCH3 is 1. The van der Waals surface area contributed by atoms with Gasteiger partial charge in [-0.05, 0) is 51.4 Å². The minimum atomic E-state index is -0.901. The first-order valence-corrected chi connectivity index (χ1v) is 4.89. The number of aliphatic carboxylic acids is 1. The molecule has 17 heavy (non-hydrogen) atoms. The van der Waals surface area contributed by atoms with Gasteiger partial charge in [0.2, 0.25) is 0 Å². The maximum Gasteiger partial charge on any atom is 0.311 e. The monoisotopic (exact) mass is 274 g/mol. The second-order valence-electron chi connectivity index (χ2n) is 3.17. The molecule has 0 aromatic rings. The van der Waals surface area contributed by atoms with Crippen LogP contribution in [0.5, 0.6) is 0 Å². The third kappa shape index (κ3) is 6.44. The fourth-order valence-electron chi connectivity index (χ4n) is 1.27. The van der Waals surface area contributed by atoms with Gasteiger partial charge in [-0.25, -0.2) is 0 Å². The van der Waals surface area contributed by atoms with Crippen molar-refractivity contribution in [3.8, 4) is 0 Å². The molecule has 0 saturated heterocycles. The van der Waals surface area contributed by atoms with Gasteiger partial charge in [-0.3, -0.25) is 4.79 Å². The summed E-state index contributed by atoms with van der Waals surface area (Å²) in [7, 11) is 1.54. The molecule has 0 spiro atoms. The van der Waals surface area contributed by atoms with E-state index in [-0.39, 0.29) is 17.1 Å². The molecule has 0 atom stereocenters. The zero-order valence-corrected chi connectivity index (χ0v) is 10.5. The predicted octanol–water partition coefficient (Wildman–Crippen LogP) is 1.51. The molecule has 0 aromatic heterocycles. The van der Waals surface area contributed by atoms with Gasteiger partial charge in [-0.1, -0.05) is 0 Å². The van der Waals surface area contributed by atoms with Gasteiger partial charge in [0, 0.05) is 30.1 Å². The number of carboxylic acid groups (broad SMARTS) is 1. The van der Waals surface area contributed by atoms with Crippen molar-refractivity contribution in [2.75, 3.05) is 13.7 Å². The summed E-state index contributed by atoms with van der Waals surface area (Å²) in [4.78, 5) is 10.5. The van der Waals surface area contributed by atoms with Crippen molar-refractivity contribution in [2.45, 2.75) is 0 Å². The van der Waals surface area contributed by atoms with Crippen LogP contribution in [0.4, 0.5) is 0 Å². The Hall–Kier alpha value is -0.0505. The minimum Gasteiger partial charge on any atom is -0.481 e. The molecule has 2 fully saturated rings. The summed E-state index contributed by atoms with van der Waals surface area (Å²) < 4.78 is 4.81. The third-order valence-corrected chi connectivity index (χ3v) is 1.99. The first kappa shape index (κ1) is 16.9. The van der Waals surface area contributed by atoms with Crippen LogP contribution in [-0.4, -0.2) is 24.8 Å². The Morgan fingerprint density at radius 2 is 1.65 bits per heavy atom. The van der Waals surface area contributed by atoms with Gasteiger partial charge >= 0.3 is 5.97 Å². The van der Waals surface area contributed by atoms with Crippen LogP contribution in [-0.2, 0) is 26.6 Å². The molecule has 0 aliphatic heterocycles. The molecule has 0 amide bonds. The summed E-state index contributed by atoms with van der Waals surface area (Å²) >= 11 is 0. The van der Waals surface area contributed by atoms with E-state index in [1.807, 2.05) is 32.1 Å². The zero-order chi connectivity index (χ0) is 11.8. The zero-order valence-electron chi connectivity index (χ0n) is 9.44. The summed E-state index contributed by atoms with van der Waals surface area (Å²) in [6.07, 6.45) is 15.0. The molecule has 0 unspecified atom stereocenters. The molecule has 10 radical (unpaired) electrons. The van der Waals surface area contributed by atoms with Crippen molar-refractivity contribution in [1.29, 1.82) is 0 Å². The molecule has 2 rings (SSSR count). The number of ether oxygens (including phenoxy) is 1. The molecule has 2 aliphatic rings. The van der Waals surface area contributed by atoms with Crippen LogP contribution in [0.1, 0.15) is 0 Å². The molecule has 92 valence electrons. The van der Waals surface area contributed by atoms with Crippen molar-refractivity contribution in [3.05, 3.63) is 63.2 Å². The van der Waals surface area contributed by atoms with E-state index in [1.165, 1.54) is 0 Å². The summed E-state index contributed by atoms with van der Waals surface area (Å²) in [5.41, 5.74) is 0. The Bertz CT molecular complexity index is 197. The van der Waals surface area contributed by atoms with Gasteiger partial charge in [0.05, 0.1) is 12.5 Å². The summed E-state index contributed by atoms with van der Waals surface area (Å²) in [5.74, 6) is 0.147. The van der Waals surface area contributed by atoms with E-state index in [1.54, 1.807) is 26.4 Å². The Labute approximate surface area is 115 Å². The summed E-state index contributed by atoms with van der Waals surface area (Å²) in [6, 6.07) is 0. The Morgan fingerprint density at radius 1 is 1.12 bits per heavy atom. The van der Waals surface area contributed by atoms with Gasteiger partial charge < -0.3 is 9.84 Å². The molecule has 0 aromatic carbocycles. The average molecular weight is 274 g/mol. The average Bonchev–Trinajstić information content (AvgIpc) is 2.91. The van der Waals surface area contributed by atoms with Crippen molar-refractivity contribution in [2.24, 2.45) is 0 Å². The Balaban J connectivity index is 0.000000360. The van der Waals surface area contributed by atoms with E-state index in [0.717, 1.165) is 5.92 Å². The smallest absolute Gasteiger partial charge is 0.311 e. The van der Waals surface area contributed by atoms with Crippen molar-refractivity contribution in [3.63, 3.8) is 0 Å². The van der Waals surface area contributed by atoms with Crippen LogP contribution >= 0.6 is 0 Å². The second-order valence-corrected chi connectivity index (χ2v) is 3.17. The van der Waals surface area contributed by atoms with E-state index in [0.29, 0.717) is 12.5 Å². The van der Waals surface area contributed by atoms with Gasteiger partial charge in [-0.2, -0.15) is 0 Å². The second kappa shape index (κ2) is 9.93. The predicted molar refractivity (Wildman–Crippen MR) is 60.4 cm³/mol. The van der Waals surface area contributed by atoms with Crippen LogP contribution < -0.4 is 0 Å². The molecule has 2 aliphatic carbocycles. The number of hydrogen-bond acceptors (Lipinski definition) is 2.